The van der Waals surface area contributed by atoms with Gasteiger partial charge >= 0.3 is 0 Å². The first-order chi connectivity index (χ1) is 14.1. The monoisotopic (exact) mass is 390 g/mol. The Balaban J connectivity index is 1.48. The van der Waals surface area contributed by atoms with Crippen molar-refractivity contribution in [1.29, 1.82) is 0 Å². The van der Waals surface area contributed by atoms with Crippen LogP contribution in [0.3, 0.4) is 0 Å². The third-order valence-corrected chi connectivity index (χ3v) is 5.29. The van der Waals surface area contributed by atoms with E-state index >= 15 is 0 Å². The van der Waals surface area contributed by atoms with Crippen molar-refractivity contribution < 1.29 is 14.4 Å². The van der Waals surface area contributed by atoms with Crippen LogP contribution in [0.2, 0.25) is 0 Å². The highest BCUT2D eigenvalue weighted by atomic mass is 16.2. The third-order valence-electron chi connectivity index (χ3n) is 5.29. The maximum absolute atomic E-state index is 12.8. The lowest BCUT2D eigenvalue weighted by atomic mass is 10.1. The Kier molecular flexibility index (Phi) is 5.03. The highest BCUT2D eigenvalue weighted by molar-refractivity contribution is 6.00. The van der Waals surface area contributed by atoms with Crippen LogP contribution in [-0.4, -0.2) is 40.7 Å². The van der Waals surface area contributed by atoms with Crippen molar-refractivity contribution in [3.05, 3.63) is 65.9 Å². The molecule has 0 radical (unpaired) electrons. The molecule has 2 heterocycles. The number of amides is 3. The molecule has 0 saturated carbocycles. The first-order valence-corrected chi connectivity index (χ1v) is 9.54. The molecule has 7 heteroatoms. The standard InChI is InChI=1S/C22H22N4O3/c1-23-21(28)14-6-8-16(9-7-14)25-22(29)19-10-11-20(27)26(19)13-15-12-24-18-5-3-2-4-17(15)18/h2-9,12,19,24H,10-11,13H2,1H3,(H,23,28)(H,25,29). The predicted octanol–water partition coefficient (Wildman–Crippen LogP) is 2.66. The second-order valence-corrected chi connectivity index (χ2v) is 7.08. The molecular weight excluding hydrogens is 368 g/mol. The van der Waals surface area contributed by atoms with E-state index in [9.17, 15) is 14.4 Å². The van der Waals surface area contributed by atoms with Crippen LogP contribution < -0.4 is 10.6 Å². The molecule has 1 atom stereocenters. The minimum absolute atomic E-state index is 0.0228. The zero-order valence-electron chi connectivity index (χ0n) is 16.1. The van der Waals surface area contributed by atoms with Gasteiger partial charge in [-0.1, -0.05) is 18.2 Å². The molecule has 3 amide bonds. The molecule has 29 heavy (non-hydrogen) atoms. The van der Waals surface area contributed by atoms with E-state index in [4.69, 9.17) is 0 Å². The number of nitrogens with one attached hydrogen (secondary N) is 3. The highest BCUT2D eigenvalue weighted by Crippen LogP contribution is 2.26. The lowest BCUT2D eigenvalue weighted by molar-refractivity contribution is -0.133. The molecule has 0 bridgehead atoms. The van der Waals surface area contributed by atoms with Gasteiger partial charge in [0.15, 0.2) is 0 Å². The zero-order valence-corrected chi connectivity index (χ0v) is 16.1. The van der Waals surface area contributed by atoms with Gasteiger partial charge in [0, 0.05) is 48.4 Å². The van der Waals surface area contributed by atoms with Gasteiger partial charge in [-0.15, -0.1) is 0 Å². The molecule has 3 aromatic rings. The second-order valence-electron chi connectivity index (χ2n) is 7.08. The maximum atomic E-state index is 12.8. The van der Waals surface area contributed by atoms with Crippen LogP contribution in [0.15, 0.2) is 54.7 Å². The van der Waals surface area contributed by atoms with Crippen molar-refractivity contribution >= 4 is 34.3 Å². The third kappa shape index (κ3) is 3.71. The summed E-state index contributed by atoms with van der Waals surface area (Å²) in [6.07, 6.45) is 2.74. The second kappa shape index (κ2) is 7.79. The molecule has 148 valence electrons. The predicted molar refractivity (Wildman–Crippen MR) is 110 cm³/mol. The number of carbonyl (C=O) groups is 3. The number of aromatic nitrogens is 1. The first-order valence-electron chi connectivity index (χ1n) is 9.54. The molecule has 0 aliphatic carbocycles. The Morgan fingerprint density at radius 2 is 1.90 bits per heavy atom. The van der Waals surface area contributed by atoms with E-state index < -0.39 is 6.04 Å². The number of aromatic amines is 1. The fourth-order valence-electron chi connectivity index (χ4n) is 3.73. The molecule has 0 spiro atoms. The maximum Gasteiger partial charge on any atom is 0.251 e. The molecule has 4 rings (SSSR count). The molecule has 1 fully saturated rings. The van der Waals surface area contributed by atoms with Gasteiger partial charge in [-0.2, -0.15) is 0 Å². The van der Waals surface area contributed by atoms with Crippen molar-refractivity contribution in [2.45, 2.75) is 25.4 Å². The zero-order chi connectivity index (χ0) is 20.4. The normalized spacial score (nSPS) is 16.2. The van der Waals surface area contributed by atoms with E-state index in [1.165, 1.54) is 0 Å². The van der Waals surface area contributed by atoms with Gasteiger partial charge in [-0.3, -0.25) is 14.4 Å². The quantitative estimate of drug-likeness (QED) is 0.625. The molecule has 1 aliphatic rings. The Bertz CT molecular complexity index is 1070. The van der Waals surface area contributed by atoms with Gasteiger partial charge in [0.1, 0.15) is 6.04 Å². The molecule has 1 unspecified atom stereocenters. The van der Waals surface area contributed by atoms with Gasteiger partial charge in [0.2, 0.25) is 11.8 Å². The van der Waals surface area contributed by atoms with E-state index in [2.05, 4.69) is 15.6 Å². The van der Waals surface area contributed by atoms with Crippen LogP contribution in [0.1, 0.15) is 28.8 Å². The number of benzene rings is 2. The molecule has 1 saturated heterocycles. The topological polar surface area (TPSA) is 94.3 Å². The van der Waals surface area contributed by atoms with Gasteiger partial charge < -0.3 is 20.5 Å². The van der Waals surface area contributed by atoms with E-state index in [1.54, 1.807) is 36.2 Å². The fraction of sp³-hybridized carbons (Fsp3) is 0.227. The van der Waals surface area contributed by atoms with E-state index in [-0.39, 0.29) is 17.7 Å². The van der Waals surface area contributed by atoms with Crippen LogP contribution in [0.4, 0.5) is 5.69 Å². The summed E-state index contributed by atoms with van der Waals surface area (Å²) in [7, 11) is 1.57. The highest BCUT2D eigenvalue weighted by Gasteiger charge is 2.36. The lowest BCUT2D eigenvalue weighted by Gasteiger charge is -2.24. The largest absolute Gasteiger partial charge is 0.361 e. The minimum atomic E-state index is -0.519. The summed E-state index contributed by atoms with van der Waals surface area (Å²) in [5, 5.41) is 6.47. The molecule has 3 N–H and O–H groups in total. The molecular formula is C22H22N4O3. The van der Waals surface area contributed by atoms with Crippen LogP contribution in [-0.2, 0) is 16.1 Å². The molecule has 1 aliphatic heterocycles. The summed E-state index contributed by atoms with van der Waals surface area (Å²) in [6, 6.07) is 14.0. The number of hydrogen-bond donors (Lipinski definition) is 3. The molecule has 1 aromatic heterocycles. The number of carbonyl (C=O) groups excluding carboxylic acids is 3. The van der Waals surface area contributed by atoms with E-state index in [0.717, 1.165) is 16.5 Å². The SMILES string of the molecule is CNC(=O)c1ccc(NC(=O)C2CCC(=O)N2Cc2c[nH]c3ccccc23)cc1. The van der Waals surface area contributed by atoms with Crippen LogP contribution in [0.25, 0.3) is 10.9 Å². The van der Waals surface area contributed by atoms with Crippen molar-refractivity contribution in [2.75, 3.05) is 12.4 Å². The smallest absolute Gasteiger partial charge is 0.251 e. The lowest BCUT2D eigenvalue weighted by Crippen LogP contribution is -2.41. The van der Waals surface area contributed by atoms with Gasteiger partial charge in [0.25, 0.3) is 5.91 Å². The number of para-hydroxylation sites is 1. The van der Waals surface area contributed by atoms with Crippen molar-refractivity contribution in [2.24, 2.45) is 0 Å². The Labute approximate surface area is 168 Å². The van der Waals surface area contributed by atoms with Gasteiger partial charge in [-0.25, -0.2) is 0 Å². The van der Waals surface area contributed by atoms with Crippen LogP contribution in [0, 0.1) is 0 Å². The number of hydrogen-bond acceptors (Lipinski definition) is 3. The first kappa shape index (κ1) is 18.7. The average molecular weight is 390 g/mol. The summed E-state index contributed by atoms with van der Waals surface area (Å²) < 4.78 is 0. The molecule has 2 aromatic carbocycles. The minimum Gasteiger partial charge on any atom is -0.361 e. The number of H-pyrrole nitrogens is 1. The summed E-state index contributed by atoms with van der Waals surface area (Å²) >= 11 is 0. The Morgan fingerprint density at radius 1 is 1.14 bits per heavy atom. The van der Waals surface area contributed by atoms with Crippen LogP contribution >= 0.6 is 0 Å². The number of likely N-dealkylation sites (tertiary alicyclic amines) is 1. The van der Waals surface area contributed by atoms with E-state index in [0.29, 0.717) is 30.6 Å². The van der Waals surface area contributed by atoms with Crippen molar-refractivity contribution in [1.82, 2.24) is 15.2 Å². The Morgan fingerprint density at radius 3 is 2.66 bits per heavy atom. The average Bonchev–Trinajstić information content (AvgIpc) is 3.32. The Hall–Kier alpha value is -3.61. The van der Waals surface area contributed by atoms with Crippen LogP contribution in [0.5, 0.6) is 0 Å². The summed E-state index contributed by atoms with van der Waals surface area (Å²) in [5.41, 5.74) is 3.10. The van der Waals surface area contributed by atoms with Gasteiger partial charge in [0.05, 0.1) is 0 Å². The summed E-state index contributed by atoms with van der Waals surface area (Å²) in [4.78, 5) is 41.8. The van der Waals surface area contributed by atoms with Gasteiger partial charge in [-0.05, 0) is 42.3 Å². The number of rotatable bonds is 5. The summed E-state index contributed by atoms with van der Waals surface area (Å²) in [5.74, 6) is -0.428. The fourth-order valence-corrected chi connectivity index (χ4v) is 3.73. The van der Waals surface area contributed by atoms with Crippen molar-refractivity contribution in [3.8, 4) is 0 Å². The van der Waals surface area contributed by atoms with E-state index in [1.807, 2.05) is 30.5 Å². The number of anilines is 1. The number of nitrogens with zero attached hydrogens (tertiary/aromatic N) is 1. The molecule has 7 nitrogen and oxygen atoms in total. The summed E-state index contributed by atoms with van der Waals surface area (Å²) in [6.45, 7) is 0.385. The van der Waals surface area contributed by atoms with Crippen molar-refractivity contribution in [3.63, 3.8) is 0 Å². The number of fused-ring (bicyclic) bond motifs is 1.